The summed E-state index contributed by atoms with van der Waals surface area (Å²) in [6.45, 7) is 1.94. The Morgan fingerprint density at radius 1 is 1.69 bits per heavy atom. The Kier molecular flexibility index (Phi) is 4.46. The Morgan fingerprint density at radius 3 is 2.94 bits per heavy atom. The lowest BCUT2D eigenvalue weighted by Gasteiger charge is -2.22. The Morgan fingerprint density at radius 2 is 2.44 bits per heavy atom. The molecule has 0 N–H and O–H groups in total. The summed E-state index contributed by atoms with van der Waals surface area (Å²) in [7, 11) is 1.65. The molecule has 4 heteroatoms. The van der Waals surface area contributed by atoms with Gasteiger partial charge in [0, 0.05) is 31.4 Å². The molecule has 4 nitrogen and oxygen atoms in total. The number of nitriles is 1. The Labute approximate surface area is 95.5 Å². The second-order valence-electron chi connectivity index (χ2n) is 3.57. The summed E-state index contributed by atoms with van der Waals surface area (Å²) >= 11 is 0. The predicted molar refractivity (Wildman–Crippen MR) is 60.3 cm³/mol. The van der Waals surface area contributed by atoms with E-state index in [4.69, 9.17) is 5.26 Å². The zero-order valence-electron chi connectivity index (χ0n) is 9.55. The van der Waals surface area contributed by atoms with Gasteiger partial charge in [-0.2, -0.15) is 5.26 Å². The third-order valence-corrected chi connectivity index (χ3v) is 2.37. The highest BCUT2D eigenvalue weighted by atomic mass is 16.2. The van der Waals surface area contributed by atoms with E-state index >= 15 is 0 Å². The molecule has 0 aliphatic heterocycles. The highest BCUT2D eigenvalue weighted by Crippen LogP contribution is 2.18. The lowest BCUT2D eigenvalue weighted by molar-refractivity contribution is -0.131. The molecule has 1 amide bonds. The zero-order valence-corrected chi connectivity index (χ0v) is 9.55. The van der Waals surface area contributed by atoms with Crippen LogP contribution in [0.15, 0.2) is 24.5 Å². The molecule has 1 rings (SSSR count). The Hall–Kier alpha value is -1.89. The number of hydrogen-bond donors (Lipinski definition) is 0. The number of aromatic nitrogens is 1. The standard InChI is InChI=1S/C12H15N3O/c1-3-5-12(16)15(2)11(8-13)10-6-4-7-14-9-10/h4,6-7,9,11H,3,5H2,1-2H3. The molecular formula is C12H15N3O. The summed E-state index contributed by atoms with van der Waals surface area (Å²) in [6, 6.07) is 5.14. The summed E-state index contributed by atoms with van der Waals surface area (Å²) in [5.74, 6) is -0.0158. The molecule has 0 saturated heterocycles. The van der Waals surface area contributed by atoms with E-state index in [0.717, 1.165) is 12.0 Å². The maximum absolute atomic E-state index is 11.7. The summed E-state index contributed by atoms with van der Waals surface area (Å²) in [5, 5.41) is 9.10. The van der Waals surface area contributed by atoms with Crippen molar-refractivity contribution in [2.45, 2.75) is 25.8 Å². The van der Waals surface area contributed by atoms with Gasteiger partial charge in [-0.25, -0.2) is 0 Å². The smallest absolute Gasteiger partial charge is 0.223 e. The third-order valence-electron chi connectivity index (χ3n) is 2.37. The monoisotopic (exact) mass is 217 g/mol. The SMILES string of the molecule is CCCC(=O)N(C)C(C#N)c1cccnc1. The summed E-state index contributed by atoms with van der Waals surface area (Å²) < 4.78 is 0. The third kappa shape index (κ3) is 2.80. The van der Waals surface area contributed by atoms with Crippen molar-refractivity contribution in [3.05, 3.63) is 30.1 Å². The highest BCUT2D eigenvalue weighted by Gasteiger charge is 2.20. The van der Waals surface area contributed by atoms with Gasteiger partial charge in [-0.3, -0.25) is 9.78 Å². The second kappa shape index (κ2) is 5.86. The number of carbonyl (C=O) groups excluding carboxylic acids is 1. The van der Waals surface area contributed by atoms with Gasteiger partial charge in [0.1, 0.15) is 6.04 Å². The van der Waals surface area contributed by atoms with E-state index in [9.17, 15) is 4.79 Å². The number of rotatable bonds is 4. The van der Waals surface area contributed by atoms with E-state index in [1.807, 2.05) is 6.92 Å². The van der Waals surface area contributed by atoms with Crippen LogP contribution in [-0.2, 0) is 4.79 Å². The molecule has 0 bridgehead atoms. The topological polar surface area (TPSA) is 57.0 Å². The van der Waals surface area contributed by atoms with Crippen molar-refractivity contribution in [2.24, 2.45) is 0 Å². The maximum Gasteiger partial charge on any atom is 0.223 e. The first kappa shape index (κ1) is 12.2. The van der Waals surface area contributed by atoms with Crippen molar-refractivity contribution < 1.29 is 4.79 Å². The van der Waals surface area contributed by atoms with Crippen molar-refractivity contribution in [3.8, 4) is 6.07 Å². The van der Waals surface area contributed by atoms with E-state index in [1.165, 1.54) is 4.90 Å². The molecule has 0 fully saturated rings. The molecule has 1 unspecified atom stereocenters. The van der Waals surface area contributed by atoms with Crippen molar-refractivity contribution in [2.75, 3.05) is 7.05 Å². The number of hydrogen-bond acceptors (Lipinski definition) is 3. The molecule has 1 atom stereocenters. The molecule has 0 spiro atoms. The van der Waals surface area contributed by atoms with Gasteiger partial charge in [0.15, 0.2) is 0 Å². The van der Waals surface area contributed by atoms with Crippen LogP contribution in [0.4, 0.5) is 0 Å². The number of amides is 1. The Bertz CT molecular complexity index is 383. The molecule has 16 heavy (non-hydrogen) atoms. The fourth-order valence-electron chi connectivity index (χ4n) is 1.46. The lowest BCUT2D eigenvalue weighted by atomic mass is 10.1. The lowest BCUT2D eigenvalue weighted by Crippen LogP contribution is -2.30. The summed E-state index contributed by atoms with van der Waals surface area (Å²) in [6.07, 6.45) is 4.51. The fraction of sp³-hybridized carbons (Fsp3) is 0.417. The summed E-state index contributed by atoms with van der Waals surface area (Å²) in [4.78, 5) is 17.1. The largest absolute Gasteiger partial charge is 0.326 e. The molecule has 0 aliphatic rings. The molecule has 0 saturated carbocycles. The number of carbonyl (C=O) groups is 1. The van der Waals surface area contributed by atoms with Crippen LogP contribution >= 0.6 is 0 Å². The van der Waals surface area contributed by atoms with Gasteiger partial charge < -0.3 is 4.90 Å². The average Bonchev–Trinajstić information content (AvgIpc) is 2.31. The number of nitrogens with zero attached hydrogens (tertiary/aromatic N) is 3. The van der Waals surface area contributed by atoms with Crippen LogP contribution in [0.5, 0.6) is 0 Å². The van der Waals surface area contributed by atoms with Crippen LogP contribution < -0.4 is 0 Å². The molecule has 84 valence electrons. The van der Waals surface area contributed by atoms with Crippen LogP contribution in [-0.4, -0.2) is 22.8 Å². The van der Waals surface area contributed by atoms with Crippen LogP contribution in [0.3, 0.4) is 0 Å². The average molecular weight is 217 g/mol. The van der Waals surface area contributed by atoms with Gasteiger partial charge in [0.2, 0.25) is 5.91 Å². The van der Waals surface area contributed by atoms with Gasteiger partial charge in [-0.05, 0) is 12.5 Å². The molecule has 1 heterocycles. The van der Waals surface area contributed by atoms with E-state index in [-0.39, 0.29) is 5.91 Å². The molecular weight excluding hydrogens is 202 g/mol. The van der Waals surface area contributed by atoms with E-state index in [2.05, 4.69) is 11.1 Å². The van der Waals surface area contributed by atoms with Crippen molar-refractivity contribution in [1.29, 1.82) is 5.26 Å². The molecule has 0 aliphatic carbocycles. The van der Waals surface area contributed by atoms with Crippen LogP contribution in [0.2, 0.25) is 0 Å². The van der Waals surface area contributed by atoms with Crippen molar-refractivity contribution in [3.63, 3.8) is 0 Å². The highest BCUT2D eigenvalue weighted by molar-refractivity contribution is 5.76. The molecule has 1 aromatic rings. The van der Waals surface area contributed by atoms with Gasteiger partial charge in [0.05, 0.1) is 6.07 Å². The Balaban J connectivity index is 2.84. The minimum atomic E-state index is -0.548. The fourth-order valence-corrected chi connectivity index (χ4v) is 1.46. The van der Waals surface area contributed by atoms with Crippen molar-refractivity contribution in [1.82, 2.24) is 9.88 Å². The van der Waals surface area contributed by atoms with Crippen molar-refractivity contribution >= 4 is 5.91 Å². The molecule has 0 radical (unpaired) electrons. The van der Waals surface area contributed by atoms with Crippen LogP contribution in [0, 0.1) is 11.3 Å². The van der Waals surface area contributed by atoms with E-state index < -0.39 is 6.04 Å². The first-order valence-electron chi connectivity index (χ1n) is 5.26. The van der Waals surface area contributed by atoms with Gasteiger partial charge in [-0.1, -0.05) is 13.0 Å². The van der Waals surface area contributed by atoms with E-state index in [1.54, 1.807) is 31.6 Å². The second-order valence-corrected chi connectivity index (χ2v) is 3.57. The molecule has 1 aromatic heterocycles. The normalized spacial score (nSPS) is 11.6. The predicted octanol–water partition coefficient (Wildman–Crippen LogP) is 1.90. The molecule has 0 aromatic carbocycles. The van der Waals surface area contributed by atoms with Gasteiger partial charge >= 0.3 is 0 Å². The summed E-state index contributed by atoms with van der Waals surface area (Å²) in [5.41, 5.74) is 0.747. The van der Waals surface area contributed by atoms with Crippen LogP contribution in [0.25, 0.3) is 0 Å². The zero-order chi connectivity index (χ0) is 12.0. The minimum Gasteiger partial charge on any atom is -0.326 e. The van der Waals surface area contributed by atoms with E-state index in [0.29, 0.717) is 6.42 Å². The quantitative estimate of drug-likeness (QED) is 0.774. The maximum atomic E-state index is 11.7. The number of pyridine rings is 1. The first-order chi connectivity index (χ1) is 7.70. The van der Waals surface area contributed by atoms with Gasteiger partial charge in [-0.15, -0.1) is 0 Å². The minimum absolute atomic E-state index is 0.0158. The first-order valence-corrected chi connectivity index (χ1v) is 5.26. The van der Waals surface area contributed by atoms with Crippen LogP contribution in [0.1, 0.15) is 31.4 Å². The van der Waals surface area contributed by atoms with Gasteiger partial charge in [0.25, 0.3) is 0 Å².